The second kappa shape index (κ2) is 7.68. The van der Waals surface area contributed by atoms with Gasteiger partial charge < -0.3 is 14.4 Å². The first-order chi connectivity index (χ1) is 11.8. The zero-order chi connectivity index (χ0) is 16.8. The fourth-order valence-corrected chi connectivity index (χ4v) is 2.70. The molecule has 0 radical (unpaired) electrons. The van der Waals surface area contributed by atoms with Gasteiger partial charge in [-0.1, -0.05) is 18.2 Å². The summed E-state index contributed by atoms with van der Waals surface area (Å²) in [5, 5.41) is 0. The van der Waals surface area contributed by atoms with Gasteiger partial charge in [0.15, 0.2) is 0 Å². The van der Waals surface area contributed by atoms with Crippen LogP contribution < -0.4 is 14.4 Å². The fraction of sp³-hybridized carbons (Fsp3) is 0.250. The summed E-state index contributed by atoms with van der Waals surface area (Å²) in [6, 6.07) is 16.2. The average Bonchev–Trinajstić information content (AvgIpc) is 2.67. The standard InChI is InChI=1S/C20H22N2O2/c1-23-19-9-8-16(20(14-19)24-2)15-21-17-10-12-22(13-11-17)18-6-4-3-5-7-18/h3-10,12,14H,11,13,15H2,1-2H3. The molecule has 0 atom stereocenters. The van der Waals surface area contributed by atoms with Crippen molar-refractivity contribution in [3.63, 3.8) is 0 Å². The Kier molecular flexibility index (Phi) is 5.16. The van der Waals surface area contributed by atoms with Crippen molar-refractivity contribution in [2.24, 2.45) is 4.99 Å². The quantitative estimate of drug-likeness (QED) is 0.832. The summed E-state index contributed by atoms with van der Waals surface area (Å²) in [4.78, 5) is 6.97. The van der Waals surface area contributed by atoms with Crippen LogP contribution in [0.2, 0.25) is 0 Å². The molecule has 0 aliphatic carbocycles. The Labute approximate surface area is 143 Å². The maximum Gasteiger partial charge on any atom is 0.127 e. The molecule has 0 spiro atoms. The van der Waals surface area contributed by atoms with E-state index in [4.69, 9.17) is 14.5 Å². The van der Waals surface area contributed by atoms with Crippen LogP contribution in [0.25, 0.3) is 0 Å². The Hall–Kier alpha value is -2.75. The van der Waals surface area contributed by atoms with Crippen LogP contribution in [0.3, 0.4) is 0 Å². The van der Waals surface area contributed by atoms with Crippen molar-refractivity contribution in [2.75, 3.05) is 25.7 Å². The van der Waals surface area contributed by atoms with Gasteiger partial charge in [0.2, 0.25) is 0 Å². The maximum absolute atomic E-state index is 5.43. The molecule has 0 N–H and O–H groups in total. The molecule has 0 fully saturated rings. The number of hydrogen-bond acceptors (Lipinski definition) is 4. The fourth-order valence-electron chi connectivity index (χ4n) is 2.70. The van der Waals surface area contributed by atoms with E-state index in [1.165, 1.54) is 5.69 Å². The Morgan fingerprint density at radius 1 is 1.04 bits per heavy atom. The van der Waals surface area contributed by atoms with E-state index in [1.807, 2.05) is 24.3 Å². The third-order valence-corrected chi connectivity index (χ3v) is 4.09. The van der Waals surface area contributed by atoms with Crippen molar-refractivity contribution in [1.82, 2.24) is 0 Å². The summed E-state index contributed by atoms with van der Waals surface area (Å²) in [6.07, 6.45) is 5.12. The molecule has 2 aromatic rings. The van der Waals surface area contributed by atoms with E-state index in [2.05, 4.69) is 41.4 Å². The Balaban J connectivity index is 1.68. The summed E-state index contributed by atoms with van der Waals surface area (Å²) >= 11 is 0. The monoisotopic (exact) mass is 322 g/mol. The van der Waals surface area contributed by atoms with Crippen molar-refractivity contribution in [1.29, 1.82) is 0 Å². The lowest BCUT2D eigenvalue weighted by Crippen LogP contribution is -2.24. The van der Waals surface area contributed by atoms with Crippen molar-refractivity contribution in [2.45, 2.75) is 13.0 Å². The van der Waals surface area contributed by atoms with Gasteiger partial charge >= 0.3 is 0 Å². The predicted octanol–water partition coefficient (Wildman–Crippen LogP) is 4.07. The van der Waals surface area contributed by atoms with Crippen LogP contribution in [0.15, 0.2) is 65.8 Å². The zero-order valence-electron chi connectivity index (χ0n) is 14.1. The first kappa shape index (κ1) is 16.1. The molecular weight excluding hydrogens is 300 g/mol. The van der Waals surface area contributed by atoms with Crippen molar-refractivity contribution < 1.29 is 9.47 Å². The lowest BCUT2D eigenvalue weighted by Gasteiger charge is -2.24. The number of aliphatic imine (C=N–C) groups is 1. The number of para-hydroxylation sites is 1. The largest absolute Gasteiger partial charge is 0.497 e. The summed E-state index contributed by atoms with van der Waals surface area (Å²) < 4.78 is 10.7. The van der Waals surface area contributed by atoms with Gasteiger partial charge in [0.25, 0.3) is 0 Å². The summed E-state index contributed by atoms with van der Waals surface area (Å²) in [6.45, 7) is 1.55. The van der Waals surface area contributed by atoms with Gasteiger partial charge in [-0.15, -0.1) is 0 Å². The van der Waals surface area contributed by atoms with E-state index >= 15 is 0 Å². The molecule has 0 bridgehead atoms. The van der Waals surface area contributed by atoms with Gasteiger partial charge in [-0.2, -0.15) is 0 Å². The van der Waals surface area contributed by atoms with Gasteiger partial charge in [-0.05, 0) is 30.3 Å². The molecule has 0 saturated carbocycles. The second-order valence-electron chi connectivity index (χ2n) is 5.58. The molecule has 1 heterocycles. The zero-order valence-corrected chi connectivity index (χ0v) is 14.1. The molecule has 0 aromatic heterocycles. The highest BCUT2D eigenvalue weighted by atomic mass is 16.5. The SMILES string of the molecule is COc1ccc(CN=C2C=CN(c3ccccc3)CC2)c(OC)c1. The van der Waals surface area contributed by atoms with Gasteiger partial charge in [0.05, 0.1) is 20.8 Å². The van der Waals surface area contributed by atoms with Crippen molar-refractivity contribution in [3.05, 3.63) is 66.4 Å². The van der Waals surface area contributed by atoms with E-state index in [9.17, 15) is 0 Å². The number of anilines is 1. The molecule has 0 unspecified atom stereocenters. The van der Waals surface area contributed by atoms with Crippen LogP contribution in [0.4, 0.5) is 5.69 Å². The number of rotatable bonds is 5. The topological polar surface area (TPSA) is 34.1 Å². The van der Waals surface area contributed by atoms with Crippen molar-refractivity contribution in [3.8, 4) is 11.5 Å². The van der Waals surface area contributed by atoms with E-state index in [1.54, 1.807) is 14.2 Å². The summed E-state index contributed by atoms with van der Waals surface area (Å²) in [5.74, 6) is 1.60. The third kappa shape index (κ3) is 3.77. The normalized spacial score (nSPS) is 15.6. The number of ether oxygens (including phenoxy) is 2. The molecule has 0 saturated heterocycles. The van der Waals surface area contributed by atoms with Crippen molar-refractivity contribution >= 4 is 11.4 Å². The molecule has 0 amide bonds. The van der Waals surface area contributed by atoms with Crippen LogP contribution in [0.5, 0.6) is 11.5 Å². The maximum atomic E-state index is 5.43. The minimum absolute atomic E-state index is 0.609. The Morgan fingerprint density at radius 2 is 1.88 bits per heavy atom. The van der Waals surface area contributed by atoms with E-state index in [-0.39, 0.29) is 0 Å². The van der Waals surface area contributed by atoms with Gasteiger partial charge in [-0.3, -0.25) is 4.99 Å². The molecule has 24 heavy (non-hydrogen) atoms. The lowest BCUT2D eigenvalue weighted by atomic mass is 10.1. The summed E-state index contributed by atoms with van der Waals surface area (Å²) in [7, 11) is 3.32. The van der Waals surface area contributed by atoms with Gasteiger partial charge in [-0.25, -0.2) is 0 Å². The average molecular weight is 322 g/mol. The Bertz CT molecular complexity index is 739. The first-order valence-electron chi connectivity index (χ1n) is 8.04. The molecule has 4 nitrogen and oxygen atoms in total. The van der Waals surface area contributed by atoms with E-state index in [0.717, 1.165) is 35.7 Å². The second-order valence-corrected chi connectivity index (χ2v) is 5.58. The number of hydrogen-bond donors (Lipinski definition) is 0. The minimum Gasteiger partial charge on any atom is -0.497 e. The smallest absolute Gasteiger partial charge is 0.127 e. The molecule has 4 heteroatoms. The number of nitrogens with zero attached hydrogens (tertiary/aromatic N) is 2. The first-order valence-corrected chi connectivity index (χ1v) is 8.04. The molecule has 124 valence electrons. The van der Waals surface area contributed by atoms with Crippen LogP contribution in [-0.4, -0.2) is 26.5 Å². The minimum atomic E-state index is 0.609. The number of benzene rings is 2. The highest BCUT2D eigenvalue weighted by Crippen LogP contribution is 2.25. The molecule has 3 rings (SSSR count). The van der Waals surface area contributed by atoms with E-state index in [0.29, 0.717) is 6.54 Å². The van der Waals surface area contributed by atoms with Gasteiger partial charge in [0.1, 0.15) is 11.5 Å². The molecule has 1 aliphatic heterocycles. The predicted molar refractivity (Wildman–Crippen MR) is 98.2 cm³/mol. The number of methoxy groups -OCH3 is 2. The summed E-state index contributed by atoms with van der Waals surface area (Å²) in [5.41, 5.74) is 3.38. The van der Waals surface area contributed by atoms with Crippen LogP contribution in [0, 0.1) is 0 Å². The molecule has 1 aliphatic rings. The van der Waals surface area contributed by atoms with Crippen LogP contribution in [-0.2, 0) is 6.54 Å². The highest BCUT2D eigenvalue weighted by molar-refractivity contribution is 5.96. The molecule has 2 aromatic carbocycles. The number of allylic oxidation sites excluding steroid dienone is 1. The van der Waals surface area contributed by atoms with E-state index < -0.39 is 0 Å². The highest BCUT2D eigenvalue weighted by Gasteiger charge is 2.10. The van der Waals surface area contributed by atoms with Crippen LogP contribution >= 0.6 is 0 Å². The third-order valence-electron chi connectivity index (χ3n) is 4.09. The lowest BCUT2D eigenvalue weighted by molar-refractivity contribution is 0.391. The molecular formula is C20H22N2O2. The van der Waals surface area contributed by atoms with Gasteiger partial charge in [0, 0.05) is 42.2 Å². The van der Waals surface area contributed by atoms with Crippen LogP contribution in [0.1, 0.15) is 12.0 Å². The Morgan fingerprint density at radius 3 is 2.54 bits per heavy atom.